The Labute approximate surface area is 128 Å². The fraction of sp³-hybridized carbons (Fsp3) is 0.600. The fourth-order valence-corrected chi connectivity index (χ4v) is 3.55. The molecule has 2 unspecified atom stereocenters. The molecule has 4 heteroatoms. The Balaban J connectivity index is 1.92. The Morgan fingerprint density at radius 3 is 2.95 bits per heavy atom. The van der Waals surface area contributed by atoms with Crippen LogP contribution in [0, 0.1) is 0 Å². The van der Waals surface area contributed by atoms with E-state index in [4.69, 9.17) is 22.1 Å². The van der Waals surface area contributed by atoms with E-state index in [-0.39, 0.29) is 5.54 Å². The number of hydrogen-bond donors (Lipinski definition) is 1. The number of rotatable bonds is 5. The minimum atomic E-state index is -0.379. The topological polar surface area (TPSA) is 35.2 Å². The summed E-state index contributed by atoms with van der Waals surface area (Å²) in [4.78, 5) is 0. The predicted octanol–water partition coefficient (Wildman–Crippen LogP) is 4.63. The molecule has 1 fully saturated rings. The maximum Gasteiger partial charge on any atom is 0.0576 e. The fourth-order valence-electron chi connectivity index (χ4n) is 2.66. The first-order valence-corrected chi connectivity index (χ1v) is 8.02. The molecule has 0 radical (unpaired) electrons. The molecule has 0 aliphatic carbocycles. The first kappa shape index (κ1) is 15.3. The van der Waals surface area contributed by atoms with Crippen molar-refractivity contribution >= 4 is 27.5 Å². The Hall–Kier alpha value is -0.0900. The van der Waals surface area contributed by atoms with E-state index < -0.39 is 0 Å². The van der Waals surface area contributed by atoms with Gasteiger partial charge in [-0.3, -0.25) is 0 Å². The third-order valence-corrected chi connectivity index (χ3v) is 4.60. The van der Waals surface area contributed by atoms with Crippen molar-refractivity contribution < 1.29 is 4.74 Å². The summed E-state index contributed by atoms with van der Waals surface area (Å²) in [5.41, 5.74) is 7.07. The lowest BCUT2D eigenvalue weighted by Gasteiger charge is -2.27. The minimum Gasteiger partial charge on any atom is -0.378 e. The van der Waals surface area contributed by atoms with Gasteiger partial charge >= 0.3 is 0 Å². The average molecular weight is 347 g/mol. The molecule has 1 heterocycles. The molecular weight excluding hydrogens is 326 g/mol. The molecule has 0 bridgehead atoms. The second kappa shape index (κ2) is 6.57. The van der Waals surface area contributed by atoms with E-state index in [1.807, 2.05) is 18.2 Å². The SMILES string of the molecule is CC(N)(CCCC1CCCO1)c1ccc(Br)cc1Cl. The van der Waals surface area contributed by atoms with Gasteiger partial charge in [0.1, 0.15) is 0 Å². The number of halogens is 2. The van der Waals surface area contributed by atoms with Gasteiger partial charge in [-0.05, 0) is 56.7 Å². The Morgan fingerprint density at radius 1 is 1.53 bits per heavy atom. The van der Waals surface area contributed by atoms with Gasteiger partial charge in [-0.25, -0.2) is 0 Å². The molecular formula is C15H21BrClNO. The summed E-state index contributed by atoms with van der Waals surface area (Å²) in [7, 11) is 0. The van der Waals surface area contributed by atoms with Crippen molar-refractivity contribution in [1.82, 2.24) is 0 Å². The molecule has 2 rings (SSSR count). The summed E-state index contributed by atoms with van der Waals surface area (Å²) in [5.74, 6) is 0. The van der Waals surface area contributed by atoms with Gasteiger partial charge in [-0.15, -0.1) is 0 Å². The van der Waals surface area contributed by atoms with Gasteiger partial charge in [-0.1, -0.05) is 33.6 Å². The van der Waals surface area contributed by atoms with Crippen LogP contribution in [0.1, 0.15) is 44.6 Å². The molecule has 19 heavy (non-hydrogen) atoms. The molecule has 1 aromatic carbocycles. The summed E-state index contributed by atoms with van der Waals surface area (Å²) < 4.78 is 6.62. The summed E-state index contributed by atoms with van der Waals surface area (Å²) in [6.07, 6.45) is 5.93. The van der Waals surface area contributed by atoms with E-state index in [1.54, 1.807) is 0 Å². The molecule has 2 N–H and O–H groups in total. The third-order valence-electron chi connectivity index (χ3n) is 3.79. The van der Waals surface area contributed by atoms with Crippen LogP contribution in [0.3, 0.4) is 0 Å². The van der Waals surface area contributed by atoms with E-state index in [2.05, 4.69) is 22.9 Å². The van der Waals surface area contributed by atoms with Crippen molar-refractivity contribution in [2.45, 2.75) is 50.7 Å². The quantitative estimate of drug-likeness (QED) is 0.844. The second-order valence-electron chi connectivity index (χ2n) is 5.57. The summed E-state index contributed by atoms with van der Waals surface area (Å²) in [6.45, 7) is 2.97. The molecule has 1 aromatic rings. The molecule has 0 saturated carbocycles. The standard InChI is InChI=1S/C15H21BrClNO/c1-15(18,8-2-4-12-5-3-9-19-12)13-7-6-11(16)10-14(13)17/h6-7,10,12H,2-5,8-9,18H2,1H3. The molecule has 2 atom stereocenters. The van der Waals surface area contributed by atoms with Gasteiger partial charge in [0.15, 0.2) is 0 Å². The van der Waals surface area contributed by atoms with Crippen LogP contribution in [-0.4, -0.2) is 12.7 Å². The van der Waals surface area contributed by atoms with E-state index in [9.17, 15) is 0 Å². The first-order valence-electron chi connectivity index (χ1n) is 6.85. The van der Waals surface area contributed by atoms with Crippen molar-refractivity contribution in [3.63, 3.8) is 0 Å². The van der Waals surface area contributed by atoms with Crippen molar-refractivity contribution in [3.8, 4) is 0 Å². The lowest BCUT2D eigenvalue weighted by molar-refractivity contribution is 0.100. The smallest absolute Gasteiger partial charge is 0.0576 e. The van der Waals surface area contributed by atoms with E-state index >= 15 is 0 Å². The summed E-state index contributed by atoms with van der Waals surface area (Å²) in [6, 6.07) is 5.91. The molecule has 0 aromatic heterocycles. The van der Waals surface area contributed by atoms with Crippen LogP contribution in [0.5, 0.6) is 0 Å². The average Bonchev–Trinajstić information content (AvgIpc) is 2.81. The molecule has 0 amide bonds. The van der Waals surface area contributed by atoms with Crippen LogP contribution in [0.2, 0.25) is 5.02 Å². The van der Waals surface area contributed by atoms with Crippen LogP contribution in [0.15, 0.2) is 22.7 Å². The van der Waals surface area contributed by atoms with E-state index in [1.165, 1.54) is 12.8 Å². The second-order valence-corrected chi connectivity index (χ2v) is 6.89. The zero-order valence-electron chi connectivity index (χ0n) is 11.3. The van der Waals surface area contributed by atoms with Crippen LogP contribution in [0.4, 0.5) is 0 Å². The zero-order chi connectivity index (χ0) is 13.9. The number of benzene rings is 1. The zero-order valence-corrected chi connectivity index (χ0v) is 13.6. The van der Waals surface area contributed by atoms with Gasteiger partial charge in [0, 0.05) is 21.6 Å². The maximum absolute atomic E-state index is 6.43. The highest BCUT2D eigenvalue weighted by Gasteiger charge is 2.24. The van der Waals surface area contributed by atoms with E-state index in [0.29, 0.717) is 6.10 Å². The normalized spacial score (nSPS) is 22.4. The number of ether oxygens (including phenoxy) is 1. The first-order chi connectivity index (χ1) is 8.99. The largest absolute Gasteiger partial charge is 0.378 e. The van der Waals surface area contributed by atoms with Crippen molar-refractivity contribution in [2.75, 3.05) is 6.61 Å². The van der Waals surface area contributed by atoms with Crippen LogP contribution in [-0.2, 0) is 10.3 Å². The van der Waals surface area contributed by atoms with Crippen molar-refractivity contribution in [3.05, 3.63) is 33.3 Å². The van der Waals surface area contributed by atoms with Gasteiger partial charge in [0.05, 0.1) is 6.10 Å². The summed E-state index contributed by atoms with van der Waals surface area (Å²) >= 11 is 9.70. The minimum absolute atomic E-state index is 0.379. The third kappa shape index (κ3) is 4.19. The Morgan fingerprint density at radius 2 is 2.32 bits per heavy atom. The van der Waals surface area contributed by atoms with Gasteiger partial charge in [0.2, 0.25) is 0 Å². The summed E-state index contributed by atoms with van der Waals surface area (Å²) in [5, 5.41) is 0.733. The lowest BCUT2D eigenvalue weighted by atomic mass is 9.87. The molecule has 1 aliphatic heterocycles. The van der Waals surface area contributed by atoms with Crippen molar-refractivity contribution in [2.24, 2.45) is 5.73 Å². The molecule has 1 saturated heterocycles. The maximum atomic E-state index is 6.43. The van der Waals surface area contributed by atoms with Crippen LogP contribution in [0.25, 0.3) is 0 Å². The highest BCUT2D eigenvalue weighted by atomic mass is 79.9. The monoisotopic (exact) mass is 345 g/mol. The Bertz CT molecular complexity index is 430. The van der Waals surface area contributed by atoms with Crippen LogP contribution < -0.4 is 5.73 Å². The Kier molecular flexibility index (Phi) is 5.29. The van der Waals surface area contributed by atoms with Gasteiger partial charge in [0.25, 0.3) is 0 Å². The number of nitrogens with two attached hydrogens (primary N) is 1. The van der Waals surface area contributed by atoms with Crippen molar-refractivity contribution in [1.29, 1.82) is 0 Å². The molecule has 0 spiro atoms. The molecule has 106 valence electrons. The number of hydrogen-bond acceptors (Lipinski definition) is 2. The highest BCUT2D eigenvalue weighted by molar-refractivity contribution is 9.10. The van der Waals surface area contributed by atoms with Gasteiger partial charge < -0.3 is 10.5 Å². The van der Waals surface area contributed by atoms with Gasteiger partial charge in [-0.2, -0.15) is 0 Å². The van der Waals surface area contributed by atoms with E-state index in [0.717, 1.165) is 40.9 Å². The molecule has 1 aliphatic rings. The predicted molar refractivity (Wildman–Crippen MR) is 83.5 cm³/mol. The molecule has 2 nitrogen and oxygen atoms in total. The lowest BCUT2D eigenvalue weighted by Crippen LogP contribution is -2.33. The highest BCUT2D eigenvalue weighted by Crippen LogP contribution is 2.32. The van der Waals surface area contributed by atoms with Crippen LogP contribution >= 0.6 is 27.5 Å².